The predicted octanol–water partition coefficient (Wildman–Crippen LogP) is 3.53. The van der Waals surface area contributed by atoms with E-state index in [4.69, 9.17) is 28.9 Å². The number of aryl methyl sites for hydroxylation is 1. The largest absolute Gasteiger partial charge is 0.397 e. The molecule has 0 aliphatic heterocycles. The highest BCUT2D eigenvalue weighted by atomic mass is 35.5. The minimum atomic E-state index is -0.322. The standard InChI is InChI=1S/C13H11Cl2N3O/c1-7-2-9(6-17-5-7)18-13(19)8-3-10(14)12(15)11(16)4-8/h2-6H,16H2,1H3,(H,18,19). The summed E-state index contributed by atoms with van der Waals surface area (Å²) >= 11 is 11.7. The highest BCUT2D eigenvalue weighted by Gasteiger charge is 2.11. The van der Waals surface area contributed by atoms with Crippen LogP contribution in [0, 0.1) is 6.92 Å². The molecule has 1 heterocycles. The number of nitrogens with zero attached hydrogens (tertiary/aromatic N) is 1. The van der Waals surface area contributed by atoms with Gasteiger partial charge >= 0.3 is 0 Å². The van der Waals surface area contributed by atoms with E-state index in [2.05, 4.69) is 10.3 Å². The maximum atomic E-state index is 12.0. The van der Waals surface area contributed by atoms with E-state index in [9.17, 15) is 4.79 Å². The van der Waals surface area contributed by atoms with Gasteiger partial charge in [0.1, 0.15) is 0 Å². The number of pyridine rings is 1. The number of hydrogen-bond donors (Lipinski definition) is 2. The van der Waals surface area contributed by atoms with Gasteiger partial charge in [0.05, 0.1) is 27.6 Å². The lowest BCUT2D eigenvalue weighted by Gasteiger charge is -2.08. The summed E-state index contributed by atoms with van der Waals surface area (Å²) in [6.07, 6.45) is 3.26. The minimum Gasteiger partial charge on any atom is -0.397 e. The van der Waals surface area contributed by atoms with Crippen molar-refractivity contribution >= 4 is 40.5 Å². The lowest BCUT2D eigenvalue weighted by molar-refractivity contribution is 0.102. The number of anilines is 2. The van der Waals surface area contributed by atoms with Crippen LogP contribution in [-0.2, 0) is 0 Å². The number of nitrogens with one attached hydrogen (secondary N) is 1. The van der Waals surface area contributed by atoms with Crippen LogP contribution in [0.25, 0.3) is 0 Å². The summed E-state index contributed by atoms with van der Waals surface area (Å²) in [4.78, 5) is 16.0. The molecular weight excluding hydrogens is 285 g/mol. The summed E-state index contributed by atoms with van der Waals surface area (Å²) in [5, 5.41) is 3.20. The van der Waals surface area contributed by atoms with Crippen LogP contribution in [-0.4, -0.2) is 10.9 Å². The third-order valence-electron chi connectivity index (χ3n) is 2.45. The number of carbonyl (C=O) groups excluding carboxylic acids is 1. The van der Waals surface area contributed by atoms with Gasteiger partial charge in [0.15, 0.2) is 0 Å². The van der Waals surface area contributed by atoms with Gasteiger partial charge < -0.3 is 11.1 Å². The summed E-state index contributed by atoms with van der Waals surface area (Å²) in [6.45, 7) is 1.89. The summed E-state index contributed by atoms with van der Waals surface area (Å²) in [5.74, 6) is -0.322. The number of amides is 1. The zero-order valence-electron chi connectivity index (χ0n) is 10.1. The third kappa shape index (κ3) is 3.16. The Morgan fingerprint density at radius 3 is 2.63 bits per heavy atom. The Kier molecular flexibility index (Phi) is 3.93. The molecule has 6 heteroatoms. The molecule has 1 amide bonds. The average molecular weight is 296 g/mol. The Hall–Kier alpha value is -1.78. The van der Waals surface area contributed by atoms with E-state index in [1.807, 2.05) is 13.0 Å². The fourth-order valence-corrected chi connectivity index (χ4v) is 1.90. The maximum Gasteiger partial charge on any atom is 0.255 e. The SMILES string of the molecule is Cc1cncc(NC(=O)c2cc(N)c(Cl)c(Cl)c2)c1. The Morgan fingerprint density at radius 1 is 1.26 bits per heavy atom. The third-order valence-corrected chi connectivity index (χ3v) is 3.27. The van der Waals surface area contributed by atoms with E-state index < -0.39 is 0 Å². The summed E-state index contributed by atoms with van der Waals surface area (Å²) < 4.78 is 0. The van der Waals surface area contributed by atoms with Crippen LogP contribution in [0.1, 0.15) is 15.9 Å². The maximum absolute atomic E-state index is 12.0. The first-order valence-corrected chi connectivity index (χ1v) is 6.20. The molecule has 4 nitrogen and oxygen atoms in total. The number of hydrogen-bond acceptors (Lipinski definition) is 3. The monoisotopic (exact) mass is 295 g/mol. The highest BCUT2D eigenvalue weighted by Crippen LogP contribution is 2.29. The van der Waals surface area contributed by atoms with E-state index in [0.29, 0.717) is 11.3 Å². The van der Waals surface area contributed by atoms with Crippen LogP contribution >= 0.6 is 23.2 Å². The molecular formula is C13H11Cl2N3O. The summed E-state index contributed by atoms with van der Waals surface area (Å²) in [7, 11) is 0. The van der Waals surface area contributed by atoms with Crippen molar-refractivity contribution in [1.82, 2.24) is 4.98 Å². The van der Waals surface area contributed by atoms with Gasteiger partial charge in [0.25, 0.3) is 5.91 Å². The molecule has 0 saturated heterocycles. The molecule has 0 atom stereocenters. The van der Waals surface area contributed by atoms with Gasteiger partial charge in [0.2, 0.25) is 0 Å². The first kappa shape index (κ1) is 13.6. The number of carbonyl (C=O) groups is 1. The molecule has 0 spiro atoms. The minimum absolute atomic E-state index is 0.245. The molecule has 0 aliphatic rings. The topological polar surface area (TPSA) is 68.0 Å². The highest BCUT2D eigenvalue weighted by molar-refractivity contribution is 6.44. The lowest BCUT2D eigenvalue weighted by atomic mass is 10.2. The first-order chi connectivity index (χ1) is 8.97. The molecule has 0 aliphatic carbocycles. The van der Waals surface area contributed by atoms with Gasteiger partial charge in [-0.3, -0.25) is 9.78 Å². The van der Waals surface area contributed by atoms with Crippen molar-refractivity contribution in [1.29, 1.82) is 0 Å². The van der Waals surface area contributed by atoms with Gasteiger partial charge in [-0.25, -0.2) is 0 Å². The molecule has 0 radical (unpaired) electrons. The molecule has 2 aromatic rings. The van der Waals surface area contributed by atoms with Crippen molar-refractivity contribution in [3.8, 4) is 0 Å². The summed E-state index contributed by atoms with van der Waals surface area (Å²) in [5.41, 5.74) is 7.83. The Labute approximate surface area is 120 Å². The molecule has 0 bridgehead atoms. The van der Waals surface area contributed by atoms with Crippen molar-refractivity contribution in [3.63, 3.8) is 0 Å². The average Bonchev–Trinajstić information content (AvgIpc) is 2.35. The van der Waals surface area contributed by atoms with Crippen molar-refractivity contribution < 1.29 is 4.79 Å². The predicted molar refractivity (Wildman–Crippen MR) is 77.8 cm³/mol. The van der Waals surface area contributed by atoms with Gasteiger partial charge in [-0.05, 0) is 30.7 Å². The van der Waals surface area contributed by atoms with Crippen molar-refractivity contribution in [3.05, 3.63) is 51.8 Å². The Morgan fingerprint density at radius 2 is 2.00 bits per heavy atom. The van der Waals surface area contributed by atoms with E-state index in [1.165, 1.54) is 12.1 Å². The number of nitrogen functional groups attached to an aromatic ring is 1. The Bertz CT molecular complexity index is 621. The smallest absolute Gasteiger partial charge is 0.255 e. The first-order valence-electron chi connectivity index (χ1n) is 5.45. The zero-order chi connectivity index (χ0) is 14.0. The number of nitrogens with two attached hydrogens (primary N) is 1. The molecule has 3 N–H and O–H groups in total. The number of halogens is 2. The molecule has 0 saturated carbocycles. The number of rotatable bonds is 2. The number of aromatic nitrogens is 1. The van der Waals surface area contributed by atoms with E-state index in [1.54, 1.807) is 12.4 Å². The lowest BCUT2D eigenvalue weighted by Crippen LogP contribution is -2.12. The van der Waals surface area contributed by atoms with Gasteiger partial charge in [-0.15, -0.1) is 0 Å². The van der Waals surface area contributed by atoms with Crippen LogP contribution in [0.2, 0.25) is 10.0 Å². The van der Waals surface area contributed by atoms with Crippen LogP contribution < -0.4 is 11.1 Å². The number of benzene rings is 1. The molecule has 98 valence electrons. The molecule has 0 unspecified atom stereocenters. The van der Waals surface area contributed by atoms with Gasteiger partial charge in [-0.2, -0.15) is 0 Å². The fourth-order valence-electron chi connectivity index (χ4n) is 1.57. The molecule has 0 fully saturated rings. The van der Waals surface area contributed by atoms with Gasteiger partial charge in [-0.1, -0.05) is 23.2 Å². The molecule has 19 heavy (non-hydrogen) atoms. The second-order valence-corrected chi connectivity index (χ2v) is 4.85. The molecule has 1 aromatic carbocycles. The quantitative estimate of drug-likeness (QED) is 0.833. The second-order valence-electron chi connectivity index (χ2n) is 4.07. The van der Waals surface area contributed by atoms with Crippen LogP contribution in [0.15, 0.2) is 30.6 Å². The normalized spacial score (nSPS) is 10.3. The summed E-state index contributed by atoms with van der Waals surface area (Å²) in [6, 6.07) is 4.76. The van der Waals surface area contributed by atoms with Crippen molar-refractivity contribution in [2.75, 3.05) is 11.1 Å². The fraction of sp³-hybridized carbons (Fsp3) is 0.0769. The second kappa shape index (κ2) is 5.47. The molecule has 2 rings (SSSR count). The van der Waals surface area contributed by atoms with Crippen LogP contribution in [0.3, 0.4) is 0 Å². The van der Waals surface area contributed by atoms with E-state index >= 15 is 0 Å². The zero-order valence-corrected chi connectivity index (χ0v) is 11.6. The van der Waals surface area contributed by atoms with Crippen LogP contribution in [0.5, 0.6) is 0 Å². The molecule has 1 aromatic heterocycles. The van der Waals surface area contributed by atoms with Gasteiger partial charge in [0, 0.05) is 11.8 Å². The van der Waals surface area contributed by atoms with Crippen molar-refractivity contribution in [2.24, 2.45) is 0 Å². The van der Waals surface area contributed by atoms with Crippen molar-refractivity contribution in [2.45, 2.75) is 6.92 Å². The van der Waals surface area contributed by atoms with E-state index in [-0.39, 0.29) is 21.6 Å². The Balaban J connectivity index is 2.25. The van der Waals surface area contributed by atoms with E-state index in [0.717, 1.165) is 5.56 Å². The van der Waals surface area contributed by atoms with Crippen LogP contribution in [0.4, 0.5) is 11.4 Å².